The Morgan fingerprint density at radius 2 is 2.11 bits per heavy atom. The molecule has 6 heteroatoms. The fraction of sp³-hybridized carbons (Fsp3) is 0.381. The largest absolute Gasteiger partial charge is 0.393 e. The number of nitrogens with zero attached hydrogens (tertiary/aromatic N) is 3. The Kier molecular flexibility index (Phi) is 4.66. The minimum Gasteiger partial charge on any atom is -0.393 e. The first-order chi connectivity index (χ1) is 13.1. The van der Waals surface area contributed by atoms with Crippen molar-refractivity contribution in [3.63, 3.8) is 0 Å². The summed E-state index contributed by atoms with van der Waals surface area (Å²) in [7, 11) is 0. The van der Waals surface area contributed by atoms with Gasteiger partial charge in [0.2, 0.25) is 0 Å². The Morgan fingerprint density at radius 3 is 2.81 bits per heavy atom. The number of pyridine rings is 1. The molecular weight excluding hydrogens is 340 g/mol. The molecule has 2 heterocycles. The van der Waals surface area contributed by atoms with Gasteiger partial charge in [-0.3, -0.25) is 14.5 Å². The van der Waals surface area contributed by atoms with Gasteiger partial charge in [-0.05, 0) is 50.3 Å². The van der Waals surface area contributed by atoms with Gasteiger partial charge in [-0.1, -0.05) is 18.2 Å². The number of aromatic nitrogens is 3. The average molecular weight is 364 g/mol. The maximum atomic E-state index is 12.9. The van der Waals surface area contributed by atoms with Crippen molar-refractivity contribution < 1.29 is 9.90 Å². The van der Waals surface area contributed by atoms with E-state index in [1.165, 1.54) is 0 Å². The van der Waals surface area contributed by atoms with Crippen LogP contribution in [-0.2, 0) is 6.54 Å². The quantitative estimate of drug-likeness (QED) is 0.729. The van der Waals surface area contributed by atoms with Crippen LogP contribution in [0.1, 0.15) is 47.4 Å². The van der Waals surface area contributed by atoms with Crippen molar-refractivity contribution in [2.24, 2.45) is 5.92 Å². The molecule has 1 fully saturated rings. The van der Waals surface area contributed by atoms with Crippen molar-refractivity contribution >= 4 is 16.8 Å². The summed E-state index contributed by atoms with van der Waals surface area (Å²) in [6, 6.07) is 9.85. The van der Waals surface area contributed by atoms with Crippen molar-refractivity contribution in [3.05, 3.63) is 59.5 Å². The molecule has 0 bridgehead atoms. The number of fused-ring (bicyclic) bond motifs is 1. The smallest absolute Gasteiger partial charge is 0.255 e. The zero-order chi connectivity index (χ0) is 19.0. The first kappa shape index (κ1) is 17.7. The minimum absolute atomic E-state index is 0.133. The van der Waals surface area contributed by atoms with E-state index in [1.54, 1.807) is 6.20 Å². The molecule has 1 amide bonds. The van der Waals surface area contributed by atoms with Gasteiger partial charge in [0.25, 0.3) is 5.91 Å². The van der Waals surface area contributed by atoms with Crippen LogP contribution in [-0.4, -0.2) is 31.9 Å². The van der Waals surface area contributed by atoms with Crippen LogP contribution in [0.25, 0.3) is 10.9 Å². The predicted molar refractivity (Wildman–Crippen MR) is 103 cm³/mol. The average Bonchev–Trinajstić information content (AvgIpc) is 3.04. The van der Waals surface area contributed by atoms with Crippen molar-refractivity contribution in [1.82, 2.24) is 20.1 Å². The lowest BCUT2D eigenvalue weighted by molar-refractivity contribution is 0.0235. The third-order valence-electron chi connectivity index (χ3n) is 5.53. The summed E-state index contributed by atoms with van der Waals surface area (Å²) < 4.78 is 1.81. The van der Waals surface area contributed by atoms with E-state index in [1.807, 2.05) is 49.0 Å². The van der Waals surface area contributed by atoms with Crippen molar-refractivity contribution in [3.8, 4) is 0 Å². The zero-order valence-corrected chi connectivity index (χ0v) is 15.6. The summed E-state index contributed by atoms with van der Waals surface area (Å²) >= 11 is 0. The maximum Gasteiger partial charge on any atom is 0.255 e. The maximum absolute atomic E-state index is 12.9. The second-order valence-corrected chi connectivity index (χ2v) is 7.26. The number of carbonyl (C=O) groups is 1. The van der Waals surface area contributed by atoms with E-state index in [0.717, 1.165) is 28.7 Å². The van der Waals surface area contributed by atoms with E-state index >= 15 is 0 Å². The highest BCUT2D eigenvalue weighted by Gasteiger charge is 2.36. The molecule has 4 rings (SSSR count). The first-order valence-electron chi connectivity index (χ1n) is 9.42. The second-order valence-electron chi connectivity index (χ2n) is 7.26. The second kappa shape index (κ2) is 7.12. The monoisotopic (exact) mass is 364 g/mol. The number of hydrogen-bond acceptors (Lipinski definition) is 4. The Balaban J connectivity index is 1.64. The lowest BCUT2D eigenvalue weighted by atomic mass is 9.75. The normalized spacial score (nSPS) is 20.3. The third kappa shape index (κ3) is 3.32. The number of rotatable bonds is 5. The number of benzene rings is 1. The van der Waals surface area contributed by atoms with E-state index in [0.29, 0.717) is 18.4 Å². The molecule has 0 radical (unpaired) electrons. The van der Waals surface area contributed by atoms with Crippen molar-refractivity contribution in [2.45, 2.75) is 45.4 Å². The summed E-state index contributed by atoms with van der Waals surface area (Å²) in [5.74, 6) is 0.0696. The van der Waals surface area contributed by atoms with Gasteiger partial charge in [-0.2, -0.15) is 5.10 Å². The van der Waals surface area contributed by atoms with Gasteiger partial charge in [-0.15, -0.1) is 0 Å². The molecule has 0 unspecified atom stereocenters. The van der Waals surface area contributed by atoms with Gasteiger partial charge < -0.3 is 10.4 Å². The molecule has 6 nitrogen and oxygen atoms in total. The van der Waals surface area contributed by atoms with Crippen molar-refractivity contribution in [2.75, 3.05) is 0 Å². The van der Waals surface area contributed by atoms with Crippen LogP contribution in [0, 0.1) is 12.8 Å². The molecule has 1 aliphatic rings. The topological polar surface area (TPSA) is 80.0 Å². The van der Waals surface area contributed by atoms with E-state index in [2.05, 4.69) is 21.5 Å². The van der Waals surface area contributed by atoms with Gasteiger partial charge in [0.05, 0.1) is 29.4 Å². The Hall–Kier alpha value is -2.73. The highest BCUT2D eigenvalue weighted by Crippen LogP contribution is 2.38. The van der Waals surface area contributed by atoms with Gasteiger partial charge in [0.15, 0.2) is 0 Å². The Bertz CT molecular complexity index is 975. The van der Waals surface area contributed by atoms with E-state index in [-0.39, 0.29) is 24.0 Å². The Morgan fingerprint density at radius 1 is 1.33 bits per heavy atom. The SMILES string of the molecule is CCn1ncc(C(=O)N[C@@H](c2cnc3ccccc3c2)C2CC(O)C2)c1C. The number of aliphatic hydroxyl groups is 1. The molecule has 27 heavy (non-hydrogen) atoms. The summed E-state index contributed by atoms with van der Waals surface area (Å²) in [5.41, 5.74) is 3.36. The van der Waals surface area contributed by atoms with Gasteiger partial charge in [-0.25, -0.2) is 0 Å². The lowest BCUT2D eigenvalue weighted by Crippen LogP contribution is -2.41. The molecule has 1 atom stereocenters. The van der Waals surface area contributed by atoms with E-state index < -0.39 is 0 Å². The molecule has 140 valence electrons. The number of amides is 1. The van der Waals surface area contributed by atoms with Gasteiger partial charge in [0, 0.05) is 23.8 Å². The fourth-order valence-corrected chi connectivity index (χ4v) is 3.84. The first-order valence-corrected chi connectivity index (χ1v) is 9.42. The number of nitrogens with one attached hydrogen (secondary N) is 1. The highest BCUT2D eigenvalue weighted by atomic mass is 16.3. The third-order valence-corrected chi connectivity index (χ3v) is 5.53. The number of aryl methyl sites for hydroxylation is 1. The standard InChI is InChI=1S/C21H24N4O2/c1-3-25-13(2)18(12-23-25)21(27)24-20(15-9-17(26)10-15)16-8-14-6-4-5-7-19(14)22-11-16/h4-8,11-12,15,17,20,26H,3,9-10H2,1-2H3,(H,24,27)/t15?,17?,20-/m1/s1. The number of aliphatic hydroxyl groups excluding tert-OH is 1. The molecule has 1 aliphatic carbocycles. The molecule has 1 saturated carbocycles. The fourth-order valence-electron chi connectivity index (χ4n) is 3.84. The zero-order valence-electron chi connectivity index (χ0n) is 15.6. The lowest BCUT2D eigenvalue weighted by Gasteiger charge is -2.38. The Labute approximate surface area is 158 Å². The summed E-state index contributed by atoms with van der Waals surface area (Å²) in [6.07, 6.45) is 4.54. The number of para-hydroxylation sites is 1. The summed E-state index contributed by atoms with van der Waals surface area (Å²) in [5, 5.41) is 18.3. The predicted octanol–water partition coefficient (Wildman–Crippen LogP) is 3.00. The molecule has 0 saturated heterocycles. The number of carbonyl (C=O) groups excluding carboxylic acids is 1. The minimum atomic E-state index is -0.285. The summed E-state index contributed by atoms with van der Waals surface area (Å²) in [4.78, 5) is 17.5. The van der Waals surface area contributed by atoms with Crippen LogP contribution in [0.3, 0.4) is 0 Å². The van der Waals surface area contributed by atoms with E-state index in [9.17, 15) is 9.90 Å². The summed E-state index contributed by atoms with van der Waals surface area (Å²) in [6.45, 7) is 4.64. The molecule has 0 aliphatic heterocycles. The molecule has 1 aromatic carbocycles. The van der Waals surface area contributed by atoms with Crippen LogP contribution < -0.4 is 5.32 Å². The van der Waals surface area contributed by atoms with Crippen LogP contribution in [0.2, 0.25) is 0 Å². The van der Waals surface area contributed by atoms with Crippen LogP contribution in [0.4, 0.5) is 0 Å². The molecule has 2 aromatic heterocycles. The molecular formula is C21H24N4O2. The highest BCUT2D eigenvalue weighted by molar-refractivity contribution is 5.95. The molecule has 3 aromatic rings. The van der Waals surface area contributed by atoms with Crippen LogP contribution >= 0.6 is 0 Å². The van der Waals surface area contributed by atoms with E-state index in [4.69, 9.17) is 0 Å². The molecule has 0 spiro atoms. The van der Waals surface area contributed by atoms with Gasteiger partial charge in [0.1, 0.15) is 0 Å². The van der Waals surface area contributed by atoms with Crippen LogP contribution in [0.15, 0.2) is 42.7 Å². The van der Waals surface area contributed by atoms with Gasteiger partial charge >= 0.3 is 0 Å². The van der Waals surface area contributed by atoms with Crippen molar-refractivity contribution in [1.29, 1.82) is 0 Å². The molecule has 2 N–H and O–H groups in total. The number of hydrogen-bond donors (Lipinski definition) is 2. The van der Waals surface area contributed by atoms with Crippen LogP contribution in [0.5, 0.6) is 0 Å².